The van der Waals surface area contributed by atoms with E-state index in [-0.39, 0.29) is 0 Å². The summed E-state index contributed by atoms with van der Waals surface area (Å²) in [5, 5.41) is 8.03. The van der Waals surface area contributed by atoms with Crippen molar-refractivity contribution in [2.45, 2.75) is 46.7 Å². The maximum atomic E-state index is 4.26. The van der Waals surface area contributed by atoms with Crippen molar-refractivity contribution < 1.29 is 0 Å². The van der Waals surface area contributed by atoms with Gasteiger partial charge in [0, 0.05) is 40.6 Å². The van der Waals surface area contributed by atoms with Gasteiger partial charge in [0.15, 0.2) is 0 Å². The van der Waals surface area contributed by atoms with E-state index in [1.165, 1.54) is 20.9 Å². The third-order valence-electron chi connectivity index (χ3n) is 3.74. The van der Waals surface area contributed by atoms with E-state index in [2.05, 4.69) is 57.3 Å². The molecule has 0 saturated carbocycles. The summed E-state index contributed by atoms with van der Waals surface area (Å²) in [7, 11) is 1.96. The van der Waals surface area contributed by atoms with Crippen molar-refractivity contribution in [1.29, 1.82) is 0 Å². The summed E-state index contributed by atoms with van der Waals surface area (Å²) in [6, 6.07) is 3.01. The molecular formula is C16H25N3S. The smallest absolute Gasteiger partial charge is 0.0537 e. The fraction of sp³-hybridized carbons (Fsp3) is 0.562. The van der Waals surface area contributed by atoms with Crippen molar-refractivity contribution >= 4 is 11.3 Å². The van der Waals surface area contributed by atoms with Gasteiger partial charge < -0.3 is 5.32 Å². The molecular weight excluding hydrogens is 266 g/mol. The monoisotopic (exact) mass is 291 g/mol. The van der Waals surface area contributed by atoms with Crippen molar-refractivity contribution in [2.24, 2.45) is 13.0 Å². The van der Waals surface area contributed by atoms with Gasteiger partial charge in [0.1, 0.15) is 0 Å². The lowest BCUT2D eigenvalue weighted by Crippen LogP contribution is -2.28. The van der Waals surface area contributed by atoms with Crippen molar-refractivity contribution in [2.75, 3.05) is 0 Å². The predicted molar refractivity (Wildman–Crippen MR) is 86.1 cm³/mol. The number of rotatable bonds is 5. The zero-order valence-corrected chi connectivity index (χ0v) is 14.1. The summed E-state index contributed by atoms with van der Waals surface area (Å²) in [5.41, 5.74) is 2.68. The molecule has 2 atom stereocenters. The minimum Gasteiger partial charge on any atom is -0.303 e. The van der Waals surface area contributed by atoms with Crippen LogP contribution in [0.3, 0.4) is 0 Å². The molecule has 0 aliphatic rings. The maximum absolute atomic E-state index is 4.26. The molecule has 1 N–H and O–H groups in total. The first-order chi connectivity index (χ1) is 9.38. The second-order valence-electron chi connectivity index (χ2n) is 5.93. The topological polar surface area (TPSA) is 29.9 Å². The zero-order valence-electron chi connectivity index (χ0n) is 13.3. The van der Waals surface area contributed by atoms with E-state index in [4.69, 9.17) is 0 Å². The van der Waals surface area contributed by atoms with Gasteiger partial charge >= 0.3 is 0 Å². The summed E-state index contributed by atoms with van der Waals surface area (Å²) in [4.78, 5) is 2.81. The molecule has 2 aromatic rings. The lowest BCUT2D eigenvalue weighted by atomic mass is 9.95. The van der Waals surface area contributed by atoms with Gasteiger partial charge in [-0.05, 0) is 38.3 Å². The third-order valence-corrected chi connectivity index (χ3v) is 4.72. The Morgan fingerprint density at radius 2 is 1.95 bits per heavy atom. The summed E-state index contributed by atoms with van der Waals surface area (Å²) in [5.74, 6) is 0.557. The van der Waals surface area contributed by atoms with Gasteiger partial charge in [0.25, 0.3) is 0 Å². The predicted octanol–water partition coefficient (Wildman–Crippen LogP) is 4.15. The molecule has 3 nitrogen and oxygen atoms in total. The van der Waals surface area contributed by atoms with Crippen molar-refractivity contribution in [3.8, 4) is 0 Å². The number of hydrogen-bond acceptors (Lipinski definition) is 3. The fourth-order valence-corrected chi connectivity index (χ4v) is 3.60. The Kier molecular flexibility index (Phi) is 4.66. The van der Waals surface area contributed by atoms with Gasteiger partial charge in [-0.3, -0.25) is 4.68 Å². The SMILES string of the molecule is Cc1cc([C@H](N[C@H](C)c2cnn(C)c2)C(C)C)c(C)s1. The van der Waals surface area contributed by atoms with Crippen LogP contribution in [-0.2, 0) is 7.05 Å². The molecule has 110 valence electrons. The summed E-state index contributed by atoms with van der Waals surface area (Å²) >= 11 is 1.89. The molecule has 2 heterocycles. The largest absolute Gasteiger partial charge is 0.303 e. The van der Waals surface area contributed by atoms with Gasteiger partial charge in [-0.25, -0.2) is 0 Å². The Morgan fingerprint density at radius 3 is 2.40 bits per heavy atom. The lowest BCUT2D eigenvalue weighted by molar-refractivity contribution is 0.374. The molecule has 0 saturated heterocycles. The molecule has 0 radical (unpaired) electrons. The van der Waals surface area contributed by atoms with E-state index in [1.807, 2.05) is 29.3 Å². The number of nitrogens with one attached hydrogen (secondary N) is 1. The second kappa shape index (κ2) is 6.10. The third kappa shape index (κ3) is 3.30. The highest BCUT2D eigenvalue weighted by atomic mass is 32.1. The van der Waals surface area contributed by atoms with Crippen LogP contribution in [0.5, 0.6) is 0 Å². The molecule has 0 fully saturated rings. The van der Waals surface area contributed by atoms with E-state index in [1.54, 1.807) is 0 Å². The van der Waals surface area contributed by atoms with E-state index >= 15 is 0 Å². The van der Waals surface area contributed by atoms with Gasteiger partial charge in [0.05, 0.1) is 6.20 Å². The first-order valence-corrected chi connectivity index (χ1v) is 8.01. The number of nitrogens with zero attached hydrogens (tertiary/aromatic N) is 2. The van der Waals surface area contributed by atoms with E-state index in [9.17, 15) is 0 Å². The van der Waals surface area contributed by atoms with Crippen molar-refractivity contribution in [3.63, 3.8) is 0 Å². The maximum Gasteiger partial charge on any atom is 0.0537 e. The molecule has 0 aliphatic heterocycles. The molecule has 0 unspecified atom stereocenters. The van der Waals surface area contributed by atoms with Gasteiger partial charge in [0.2, 0.25) is 0 Å². The van der Waals surface area contributed by atoms with Crippen LogP contribution in [0.1, 0.15) is 53.7 Å². The minimum atomic E-state index is 0.302. The number of aryl methyl sites for hydroxylation is 3. The lowest BCUT2D eigenvalue weighted by Gasteiger charge is -2.26. The molecule has 0 aliphatic carbocycles. The normalized spacial score (nSPS) is 14.8. The highest BCUT2D eigenvalue weighted by molar-refractivity contribution is 7.12. The van der Waals surface area contributed by atoms with Crippen LogP contribution in [0.15, 0.2) is 18.5 Å². The first-order valence-electron chi connectivity index (χ1n) is 7.20. The quantitative estimate of drug-likeness (QED) is 0.897. The molecule has 2 aromatic heterocycles. The highest BCUT2D eigenvalue weighted by Gasteiger charge is 2.22. The van der Waals surface area contributed by atoms with Crippen LogP contribution in [0.2, 0.25) is 0 Å². The van der Waals surface area contributed by atoms with Crippen molar-refractivity contribution in [1.82, 2.24) is 15.1 Å². The van der Waals surface area contributed by atoms with E-state index in [0.29, 0.717) is 18.0 Å². The number of thiophene rings is 1. The Hall–Kier alpha value is -1.13. The second-order valence-corrected chi connectivity index (χ2v) is 7.39. The van der Waals surface area contributed by atoms with Gasteiger partial charge in [-0.2, -0.15) is 5.10 Å². The Labute approximate surface area is 126 Å². The first kappa shape index (κ1) is 15.3. The van der Waals surface area contributed by atoms with Crippen LogP contribution >= 0.6 is 11.3 Å². The molecule has 0 spiro atoms. The minimum absolute atomic E-state index is 0.302. The van der Waals surface area contributed by atoms with Crippen LogP contribution in [-0.4, -0.2) is 9.78 Å². The standard InChI is InChI=1S/C16H25N3S/c1-10(2)16(15-7-11(3)20-13(15)5)18-12(4)14-8-17-19(6)9-14/h7-10,12,16,18H,1-6H3/t12-,16-/m1/s1. The van der Waals surface area contributed by atoms with Gasteiger partial charge in [-0.15, -0.1) is 11.3 Å². The molecule has 0 aromatic carbocycles. The van der Waals surface area contributed by atoms with Crippen molar-refractivity contribution in [3.05, 3.63) is 39.3 Å². The van der Waals surface area contributed by atoms with Crippen LogP contribution in [0.25, 0.3) is 0 Å². The molecule has 4 heteroatoms. The van der Waals surface area contributed by atoms with Crippen LogP contribution in [0.4, 0.5) is 0 Å². The molecule has 20 heavy (non-hydrogen) atoms. The number of aromatic nitrogens is 2. The average molecular weight is 291 g/mol. The average Bonchev–Trinajstić information content (AvgIpc) is 2.92. The number of hydrogen-bond donors (Lipinski definition) is 1. The zero-order chi connectivity index (χ0) is 14.9. The van der Waals surface area contributed by atoms with Gasteiger partial charge in [-0.1, -0.05) is 13.8 Å². The fourth-order valence-electron chi connectivity index (χ4n) is 2.63. The Morgan fingerprint density at radius 1 is 1.25 bits per heavy atom. The molecule has 0 amide bonds. The van der Waals surface area contributed by atoms with Crippen LogP contribution in [0, 0.1) is 19.8 Å². The highest BCUT2D eigenvalue weighted by Crippen LogP contribution is 2.32. The summed E-state index contributed by atoms with van der Waals surface area (Å²) < 4.78 is 1.86. The van der Waals surface area contributed by atoms with Crippen LogP contribution < -0.4 is 5.32 Å². The summed E-state index contributed by atoms with van der Waals surface area (Å²) in [6.45, 7) is 11.2. The van der Waals surface area contributed by atoms with E-state index in [0.717, 1.165) is 0 Å². The molecule has 0 bridgehead atoms. The Balaban J connectivity index is 2.20. The Bertz CT molecular complexity index is 568. The summed E-state index contributed by atoms with van der Waals surface area (Å²) in [6.07, 6.45) is 4.03. The van der Waals surface area contributed by atoms with E-state index < -0.39 is 0 Å². The molecule has 2 rings (SSSR count).